The molecule has 0 aliphatic rings. The van der Waals surface area contributed by atoms with E-state index in [-0.39, 0.29) is 23.0 Å². The van der Waals surface area contributed by atoms with Crippen molar-refractivity contribution in [2.75, 3.05) is 11.9 Å². The van der Waals surface area contributed by atoms with E-state index in [0.29, 0.717) is 16.5 Å². The van der Waals surface area contributed by atoms with E-state index < -0.39 is 18.0 Å². The van der Waals surface area contributed by atoms with Gasteiger partial charge in [-0.15, -0.1) is 11.3 Å². The molecule has 0 saturated carbocycles. The Hall–Kier alpha value is -3.30. The summed E-state index contributed by atoms with van der Waals surface area (Å²) >= 11 is 1.08. The van der Waals surface area contributed by atoms with E-state index in [0.717, 1.165) is 22.6 Å². The summed E-state index contributed by atoms with van der Waals surface area (Å²) in [5.74, 6) is -0.789. The van der Waals surface area contributed by atoms with Crippen LogP contribution in [-0.4, -0.2) is 33.6 Å². The van der Waals surface area contributed by atoms with Gasteiger partial charge in [-0.05, 0) is 42.7 Å². The highest BCUT2D eigenvalue weighted by Gasteiger charge is 2.22. The first kappa shape index (κ1) is 22.4. The quantitative estimate of drug-likeness (QED) is 0.453. The van der Waals surface area contributed by atoms with Crippen LogP contribution in [0.1, 0.15) is 52.5 Å². The van der Waals surface area contributed by atoms with Crippen molar-refractivity contribution in [1.82, 2.24) is 9.97 Å². The van der Waals surface area contributed by atoms with E-state index >= 15 is 0 Å². The molecule has 4 N–H and O–H groups in total. The second-order valence-corrected chi connectivity index (χ2v) is 8.45. The van der Waals surface area contributed by atoms with Gasteiger partial charge in [-0.1, -0.05) is 26.0 Å². The van der Waals surface area contributed by atoms with E-state index in [1.165, 1.54) is 0 Å². The summed E-state index contributed by atoms with van der Waals surface area (Å²) in [5.41, 5.74) is 7.61. The molecule has 9 heteroatoms. The lowest BCUT2D eigenvalue weighted by molar-refractivity contribution is 0.0457. The first-order chi connectivity index (χ1) is 14.7. The van der Waals surface area contributed by atoms with Crippen molar-refractivity contribution in [2.45, 2.75) is 26.9 Å². The Morgan fingerprint density at radius 2 is 2.00 bits per heavy atom. The summed E-state index contributed by atoms with van der Waals surface area (Å²) in [7, 11) is 0. The van der Waals surface area contributed by atoms with Gasteiger partial charge in [-0.25, -0.2) is 14.8 Å². The molecule has 2 aromatic heterocycles. The minimum Gasteiger partial charge on any atom is -0.462 e. The van der Waals surface area contributed by atoms with Gasteiger partial charge in [-0.2, -0.15) is 0 Å². The van der Waals surface area contributed by atoms with Gasteiger partial charge < -0.3 is 20.9 Å². The molecule has 0 radical (unpaired) electrons. The summed E-state index contributed by atoms with van der Waals surface area (Å²) < 4.78 is 5.26. The Kier molecular flexibility index (Phi) is 6.98. The number of nitrogens with one attached hydrogen (secondary N) is 1. The molecule has 0 aliphatic heterocycles. The van der Waals surface area contributed by atoms with E-state index in [4.69, 9.17) is 10.5 Å². The largest absolute Gasteiger partial charge is 0.462 e. The van der Waals surface area contributed by atoms with Gasteiger partial charge in [0, 0.05) is 11.9 Å². The molecule has 162 valence electrons. The van der Waals surface area contributed by atoms with Gasteiger partial charge in [0.2, 0.25) is 5.95 Å². The molecule has 1 atom stereocenters. The number of carbonyl (C=O) groups is 2. The molecule has 31 heavy (non-hydrogen) atoms. The average molecular weight is 441 g/mol. The van der Waals surface area contributed by atoms with Crippen molar-refractivity contribution in [3.8, 4) is 10.6 Å². The second kappa shape index (κ2) is 9.67. The standard InChI is InChI=1S/C22H24N4O4S/c1-12(2)11-30-21(29)16-10-18(31-19(16)20(23)28)17-7-8-24-22(26-17)25-15-6-4-5-14(9-15)13(3)27/h4-10,12-13,27H,11H2,1-3H3,(H2,23,28)(H,24,25,26). The Bertz CT molecular complexity index is 1090. The van der Waals surface area contributed by atoms with Gasteiger partial charge in [0.1, 0.15) is 4.88 Å². The number of hydrogen-bond donors (Lipinski definition) is 3. The van der Waals surface area contributed by atoms with Crippen LogP contribution in [0.15, 0.2) is 42.6 Å². The summed E-state index contributed by atoms with van der Waals surface area (Å²) in [6, 6.07) is 10.5. The van der Waals surface area contributed by atoms with Crippen molar-refractivity contribution in [3.05, 3.63) is 58.6 Å². The number of aromatic nitrogens is 2. The van der Waals surface area contributed by atoms with Gasteiger partial charge in [0.15, 0.2) is 0 Å². The molecule has 3 aromatic rings. The molecule has 1 amide bonds. The number of primary amides is 1. The molecule has 1 unspecified atom stereocenters. The summed E-state index contributed by atoms with van der Waals surface area (Å²) in [6.07, 6.45) is 0.977. The third-order valence-electron chi connectivity index (χ3n) is 4.26. The number of aliphatic hydroxyl groups is 1. The number of thiophene rings is 1. The maximum atomic E-state index is 12.4. The van der Waals surface area contributed by atoms with Crippen LogP contribution in [0, 0.1) is 5.92 Å². The lowest BCUT2D eigenvalue weighted by Crippen LogP contribution is -2.16. The Morgan fingerprint density at radius 1 is 1.23 bits per heavy atom. The number of nitrogens with two attached hydrogens (primary N) is 1. The van der Waals surface area contributed by atoms with Crippen molar-refractivity contribution in [3.63, 3.8) is 0 Å². The number of nitrogens with zero attached hydrogens (tertiary/aromatic N) is 2. The van der Waals surface area contributed by atoms with Gasteiger partial charge in [-0.3, -0.25) is 4.79 Å². The predicted molar refractivity (Wildman–Crippen MR) is 119 cm³/mol. The smallest absolute Gasteiger partial charge is 0.339 e. The molecule has 1 aromatic carbocycles. The highest BCUT2D eigenvalue weighted by atomic mass is 32.1. The van der Waals surface area contributed by atoms with E-state index in [9.17, 15) is 14.7 Å². The zero-order chi connectivity index (χ0) is 22.5. The van der Waals surface area contributed by atoms with Crippen molar-refractivity contribution in [1.29, 1.82) is 0 Å². The van der Waals surface area contributed by atoms with Crippen LogP contribution >= 0.6 is 11.3 Å². The third kappa shape index (κ3) is 5.65. The molecule has 0 fully saturated rings. The maximum absolute atomic E-state index is 12.4. The number of carbonyl (C=O) groups excluding carboxylic acids is 2. The Morgan fingerprint density at radius 3 is 2.68 bits per heavy atom. The first-order valence-corrected chi connectivity index (χ1v) is 10.6. The topological polar surface area (TPSA) is 127 Å². The zero-order valence-corrected chi connectivity index (χ0v) is 18.3. The monoisotopic (exact) mass is 440 g/mol. The third-order valence-corrected chi connectivity index (χ3v) is 5.43. The number of benzene rings is 1. The molecule has 0 spiro atoms. The number of esters is 1. The Balaban J connectivity index is 1.88. The fraction of sp³-hybridized carbons (Fsp3) is 0.273. The van der Waals surface area contributed by atoms with Crippen LogP contribution in [0.25, 0.3) is 10.6 Å². The predicted octanol–water partition coefficient (Wildman–Crippen LogP) is 3.91. The van der Waals surface area contributed by atoms with Crippen LogP contribution in [0.3, 0.4) is 0 Å². The fourth-order valence-electron chi connectivity index (χ4n) is 2.73. The maximum Gasteiger partial charge on any atom is 0.339 e. The molecule has 0 aliphatic carbocycles. The lowest BCUT2D eigenvalue weighted by Gasteiger charge is -2.09. The molecule has 8 nitrogen and oxygen atoms in total. The normalized spacial score (nSPS) is 11.9. The average Bonchev–Trinajstić information content (AvgIpc) is 3.18. The number of ether oxygens (including phenoxy) is 1. The van der Waals surface area contributed by atoms with Crippen molar-refractivity contribution < 1.29 is 19.4 Å². The van der Waals surface area contributed by atoms with Gasteiger partial charge in [0.25, 0.3) is 5.91 Å². The van der Waals surface area contributed by atoms with Crippen LogP contribution in [0.5, 0.6) is 0 Å². The molecule has 0 bridgehead atoms. The van der Waals surface area contributed by atoms with Crippen molar-refractivity contribution in [2.24, 2.45) is 11.7 Å². The Labute approximate surface area is 184 Å². The van der Waals surface area contributed by atoms with Crippen LogP contribution in [0.2, 0.25) is 0 Å². The minimum absolute atomic E-state index is 0.126. The zero-order valence-electron chi connectivity index (χ0n) is 17.5. The molecular weight excluding hydrogens is 416 g/mol. The van der Waals surface area contributed by atoms with Crippen LogP contribution in [-0.2, 0) is 4.74 Å². The summed E-state index contributed by atoms with van der Waals surface area (Å²) in [6.45, 7) is 5.78. The highest BCUT2D eigenvalue weighted by molar-refractivity contribution is 7.17. The van der Waals surface area contributed by atoms with Gasteiger partial charge in [0.05, 0.1) is 28.8 Å². The van der Waals surface area contributed by atoms with Crippen LogP contribution < -0.4 is 11.1 Å². The number of rotatable bonds is 8. The van der Waals surface area contributed by atoms with E-state index in [1.54, 1.807) is 31.3 Å². The van der Waals surface area contributed by atoms with E-state index in [2.05, 4.69) is 15.3 Å². The van der Waals surface area contributed by atoms with Crippen LogP contribution in [0.4, 0.5) is 11.6 Å². The second-order valence-electron chi connectivity index (χ2n) is 7.40. The van der Waals surface area contributed by atoms with Crippen molar-refractivity contribution >= 4 is 34.8 Å². The number of amides is 1. The summed E-state index contributed by atoms with van der Waals surface area (Å²) in [5, 5.41) is 12.9. The van der Waals surface area contributed by atoms with Gasteiger partial charge >= 0.3 is 5.97 Å². The molecule has 2 heterocycles. The lowest BCUT2D eigenvalue weighted by atomic mass is 10.1. The SMILES string of the molecule is CC(C)COC(=O)c1cc(-c2ccnc(Nc3cccc(C(C)O)c3)n2)sc1C(N)=O. The highest BCUT2D eigenvalue weighted by Crippen LogP contribution is 2.31. The number of aliphatic hydroxyl groups excluding tert-OH is 1. The number of anilines is 2. The number of hydrogen-bond acceptors (Lipinski definition) is 8. The summed E-state index contributed by atoms with van der Waals surface area (Å²) in [4.78, 5) is 33.7. The minimum atomic E-state index is -0.699. The van der Waals surface area contributed by atoms with E-state index in [1.807, 2.05) is 32.0 Å². The molecular formula is C22H24N4O4S. The fourth-order valence-corrected chi connectivity index (χ4v) is 3.70. The molecule has 3 rings (SSSR count). The molecule has 0 saturated heterocycles. The first-order valence-electron chi connectivity index (χ1n) is 9.73.